The summed E-state index contributed by atoms with van der Waals surface area (Å²) in [5.41, 5.74) is 0.335. The number of carbonyl (C=O) groups is 1. The lowest BCUT2D eigenvalue weighted by atomic mass is 10.2. The molecule has 6 heteroatoms. The fourth-order valence-corrected chi connectivity index (χ4v) is 2.23. The van der Waals surface area contributed by atoms with Crippen LogP contribution in [0.2, 0.25) is 0 Å². The zero-order chi connectivity index (χ0) is 12.3. The number of carbonyl (C=O) groups excluding carboxylic acids is 1. The van der Waals surface area contributed by atoms with Gasteiger partial charge in [-0.2, -0.15) is 5.26 Å². The van der Waals surface area contributed by atoms with Crippen molar-refractivity contribution in [1.82, 2.24) is 5.32 Å². The maximum Gasteiger partial charge on any atom is 0.263 e. The molecule has 0 atom stereocenters. The van der Waals surface area contributed by atoms with E-state index in [4.69, 9.17) is 21.9 Å². The van der Waals surface area contributed by atoms with Gasteiger partial charge in [-0.05, 0) is 24.3 Å². The van der Waals surface area contributed by atoms with Gasteiger partial charge in [-0.25, -0.2) is 0 Å². The zero-order valence-corrected chi connectivity index (χ0v) is 10.1. The second kappa shape index (κ2) is 4.99. The highest BCUT2D eigenvalue weighted by molar-refractivity contribution is 8.26. The SMILES string of the molecule is N#CC(=C\c1ccco1)/C=C1\SC(=S)NC1=O. The molecule has 1 N–H and O–H groups in total. The van der Waals surface area contributed by atoms with Gasteiger partial charge in [0, 0.05) is 0 Å². The van der Waals surface area contributed by atoms with Gasteiger partial charge in [0.25, 0.3) is 5.91 Å². The van der Waals surface area contributed by atoms with E-state index in [0.29, 0.717) is 20.6 Å². The molecule has 2 heterocycles. The number of nitriles is 1. The molecule has 1 aromatic rings. The van der Waals surface area contributed by atoms with Gasteiger partial charge in [0.05, 0.1) is 22.8 Å². The normalized spacial score (nSPS) is 18.3. The number of hydrogen-bond donors (Lipinski definition) is 1. The molecule has 4 nitrogen and oxygen atoms in total. The van der Waals surface area contributed by atoms with Crippen molar-refractivity contribution < 1.29 is 9.21 Å². The van der Waals surface area contributed by atoms with Crippen molar-refractivity contribution >= 4 is 40.3 Å². The average Bonchev–Trinajstić information content (AvgIpc) is 2.88. The Morgan fingerprint density at radius 3 is 3.00 bits per heavy atom. The number of nitrogens with one attached hydrogen (secondary N) is 1. The van der Waals surface area contributed by atoms with E-state index in [-0.39, 0.29) is 5.91 Å². The van der Waals surface area contributed by atoms with Crippen LogP contribution in [0.15, 0.2) is 39.4 Å². The fourth-order valence-electron chi connectivity index (χ4n) is 1.20. The highest BCUT2D eigenvalue weighted by atomic mass is 32.2. The Bertz CT molecular complexity index is 565. The number of thiocarbonyl (C=S) groups is 1. The van der Waals surface area contributed by atoms with Crippen LogP contribution in [-0.4, -0.2) is 10.2 Å². The van der Waals surface area contributed by atoms with E-state index in [9.17, 15) is 4.79 Å². The molecule has 84 valence electrons. The lowest BCUT2D eigenvalue weighted by Crippen LogP contribution is -2.17. The molecule has 17 heavy (non-hydrogen) atoms. The van der Waals surface area contributed by atoms with Crippen molar-refractivity contribution in [2.24, 2.45) is 0 Å². The first-order valence-corrected chi connectivity index (χ1v) is 5.81. The molecule has 0 bridgehead atoms. The Morgan fingerprint density at radius 2 is 2.47 bits per heavy atom. The quantitative estimate of drug-likeness (QED) is 0.503. The van der Waals surface area contributed by atoms with Gasteiger partial charge in [0.15, 0.2) is 0 Å². The molecule has 1 fully saturated rings. The second-order valence-corrected chi connectivity index (χ2v) is 4.80. The van der Waals surface area contributed by atoms with Crippen LogP contribution < -0.4 is 5.32 Å². The summed E-state index contributed by atoms with van der Waals surface area (Å²) in [6.07, 6.45) is 4.56. The van der Waals surface area contributed by atoms with E-state index in [0.717, 1.165) is 11.8 Å². The largest absolute Gasteiger partial charge is 0.465 e. The van der Waals surface area contributed by atoms with Crippen molar-refractivity contribution in [3.63, 3.8) is 0 Å². The Balaban J connectivity index is 2.27. The van der Waals surface area contributed by atoms with E-state index in [1.54, 1.807) is 18.2 Å². The van der Waals surface area contributed by atoms with Gasteiger partial charge in [0.2, 0.25) is 0 Å². The Kier molecular flexibility index (Phi) is 3.42. The molecule has 1 amide bonds. The summed E-state index contributed by atoms with van der Waals surface area (Å²) in [6, 6.07) is 5.44. The molecule has 1 aliphatic heterocycles. The molecule has 2 rings (SSSR count). The Labute approximate surface area is 107 Å². The van der Waals surface area contributed by atoms with Gasteiger partial charge in [-0.1, -0.05) is 24.0 Å². The van der Waals surface area contributed by atoms with Gasteiger partial charge in [-0.3, -0.25) is 4.79 Å². The van der Waals surface area contributed by atoms with E-state index >= 15 is 0 Å². The summed E-state index contributed by atoms with van der Waals surface area (Å²) in [5, 5.41) is 11.4. The van der Waals surface area contributed by atoms with Crippen molar-refractivity contribution in [3.8, 4) is 6.07 Å². The van der Waals surface area contributed by atoms with Crippen LogP contribution in [0.1, 0.15) is 5.76 Å². The average molecular weight is 262 g/mol. The van der Waals surface area contributed by atoms with Crippen molar-refractivity contribution in [3.05, 3.63) is 40.7 Å². The zero-order valence-electron chi connectivity index (χ0n) is 8.47. The van der Waals surface area contributed by atoms with E-state index in [1.165, 1.54) is 12.3 Å². The third-order valence-electron chi connectivity index (χ3n) is 1.90. The van der Waals surface area contributed by atoms with Crippen molar-refractivity contribution in [1.29, 1.82) is 5.26 Å². The maximum absolute atomic E-state index is 11.4. The summed E-state index contributed by atoms with van der Waals surface area (Å²) < 4.78 is 5.49. The van der Waals surface area contributed by atoms with Gasteiger partial charge < -0.3 is 9.73 Å². The highest BCUT2D eigenvalue weighted by Gasteiger charge is 2.22. The standard InChI is InChI=1S/C11H6N2O2S2/c12-6-7(4-8-2-1-3-15-8)5-9-10(14)13-11(16)17-9/h1-5H,(H,13,14,16)/b7-4-,9-5-. The summed E-state index contributed by atoms with van der Waals surface area (Å²) >= 11 is 5.99. The number of hydrogen-bond acceptors (Lipinski definition) is 5. The van der Waals surface area contributed by atoms with Crippen LogP contribution in [0, 0.1) is 11.3 Å². The summed E-state index contributed by atoms with van der Waals surface area (Å²) in [5.74, 6) is 0.282. The number of nitrogens with zero attached hydrogens (tertiary/aromatic N) is 1. The molecule has 1 aromatic heterocycles. The predicted octanol–water partition coefficient (Wildman–Crippen LogP) is 2.22. The maximum atomic E-state index is 11.4. The molecule has 0 spiro atoms. The van der Waals surface area contributed by atoms with Crippen LogP contribution in [0.25, 0.3) is 6.08 Å². The van der Waals surface area contributed by atoms with Gasteiger partial charge >= 0.3 is 0 Å². The first-order valence-electron chi connectivity index (χ1n) is 4.59. The smallest absolute Gasteiger partial charge is 0.263 e. The van der Waals surface area contributed by atoms with Crippen molar-refractivity contribution in [2.75, 3.05) is 0 Å². The van der Waals surface area contributed by atoms with Crippen LogP contribution in [0.4, 0.5) is 0 Å². The summed E-state index contributed by atoms with van der Waals surface area (Å²) in [7, 11) is 0. The molecule has 0 radical (unpaired) electrons. The second-order valence-electron chi connectivity index (χ2n) is 3.08. The third kappa shape index (κ3) is 2.84. The fraction of sp³-hybridized carbons (Fsp3) is 0. The van der Waals surface area contributed by atoms with Crippen molar-refractivity contribution in [2.45, 2.75) is 0 Å². The number of allylic oxidation sites excluding steroid dienone is 2. The van der Waals surface area contributed by atoms with E-state index in [1.807, 2.05) is 6.07 Å². The Morgan fingerprint density at radius 1 is 1.65 bits per heavy atom. The molecule has 0 aromatic carbocycles. The Hall–Kier alpha value is -1.84. The number of rotatable bonds is 2. The molecule has 0 unspecified atom stereocenters. The molecule has 0 saturated carbocycles. The van der Waals surface area contributed by atoms with Gasteiger partial charge in [0.1, 0.15) is 10.1 Å². The topological polar surface area (TPSA) is 66.0 Å². The summed E-state index contributed by atoms with van der Waals surface area (Å²) in [6.45, 7) is 0. The minimum Gasteiger partial charge on any atom is -0.465 e. The highest BCUT2D eigenvalue weighted by Crippen LogP contribution is 2.25. The van der Waals surface area contributed by atoms with Crippen LogP contribution in [0.5, 0.6) is 0 Å². The lowest BCUT2D eigenvalue weighted by molar-refractivity contribution is -0.115. The minimum atomic E-state index is -0.277. The monoisotopic (exact) mass is 262 g/mol. The molecule has 1 saturated heterocycles. The molecule has 0 aliphatic carbocycles. The predicted molar refractivity (Wildman–Crippen MR) is 68.7 cm³/mol. The van der Waals surface area contributed by atoms with Gasteiger partial charge in [-0.15, -0.1) is 0 Å². The lowest BCUT2D eigenvalue weighted by Gasteiger charge is -1.91. The molecular formula is C11H6N2O2S2. The molecule has 1 aliphatic rings. The molecular weight excluding hydrogens is 256 g/mol. The number of amides is 1. The minimum absolute atomic E-state index is 0.277. The summed E-state index contributed by atoms with van der Waals surface area (Å²) in [4.78, 5) is 11.8. The van der Waals surface area contributed by atoms with Crippen LogP contribution >= 0.6 is 24.0 Å². The van der Waals surface area contributed by atoms with Crippen LogP contribution in [0.3, 0.4) is 0 Å². The first-order chi connectivity index (χ1) is 8.19. The number of furan rings is 1. The van der Waals surface area contributed by atoms with Crippen LogP contribution in [-0.2, 0) is 4.79 Å². The third-order valence-corrected chi connectivity index (χ3v) is 3.06. The first kappa shape index (κ1) is 11.6. The van der Waals surface area contributed by atoms with E-state index < -0.39 is 0 Å². The van der Waals surface area contributed by atoms with E-state index in [2.05, 4.69) is 5.32 Å². The number of thioether (sulfide) groups is 1.